The molecule has 18 heteroatoms. The van der Waals surface area contributed by atoms with Crippen molar-refractivity contribution in [2.45, 2.75) is 12.4 Å². The fraction of sp³-hybridized carbons (Fsp3) is 0.0606. The molecule has 5 rings (SSSR count). The SMILES string of the molecule is O=C(Nc1sccc1C(=O)Nc1cccc(C(=O)O)c1NC(=O)c1ccsc1NC(=O)c1ccc(C(F)(F)F)cc1)c1ccc(C(F)(F)F)cc1. The van der Waals surface area contributed by atoms with Crippen molar-refractivity contribution >= 4 is 73.6 Å². The summed E-state index contributed by atoms with van der Waals surface area (Å²) in [5, 5.41) is 22.5. The van der Waals surface area contributed by atoms with Gasteiger partial charge in [-0.25, -0.2) is 4.79 Å². The van der Waals surface area contributed by atoms with E-state index in [0.29, 0.717) is 0 Å². The molecule has 10 nitrogen and oxygen atoms in total. The molecule has 0 radical (unpaired) electrons. The molecule has 5 aromatic rings. The van der Waals surface area contributed by atoms with Crippen LogP contribution < -0.4 is 21.3 Å². The Morgan fingerprint density at radius 2 is 0.941 bits per heavy atom. The van der Waals surface area contributed by atoms with Gasteiger partial charge in [0.25, 0.3) is 23.6 Å². The smallest absolute Gasteiger partial charge is 0.416 e. The summed E-state index contributed by atoms with van der Waals surface area (Å²) in [6.07, 6.45) is -9.22. The number of carbonyl (C=O) groups excluding carboxylic acids is 4. The lowest BCUT2D eigenvalue weighted by Gasteiger charge is -2.16. The van der Waals surface area contributed by atoms with Gasteiger partial charge in [-0.1, -0.05) is 6.07 Å². The lowest BCUT2D eigenvalue weighted by molar-refractivity contribution is -0.138. The van der Waals surface area contributed by atoms with Crippen LogP contribution in [0.3, 0.4) is 0 Å². The van der Waals surface area contributed by atoms with E-state index < -0.39 is 58.6 Å². The third-order valence-electron chi connectivity index (χ3n) is 7.00. The van der Waals surface area contributed by atoms with Crippen molar-refractivity contribution in [2.24, 2.45) is 0 Å². The number of para-hydroxylation sites is 1. The Balaban J connectivity index is 1.33. The Kier molecular flexibility index (Phi) is 10.3. The van der Waals surface area contributed by atoms with Crippen LogP contribution in [-0.4, -0.2) is 34.7 Å². The predicted molar refractivity (Wildman–Crippen MR) is 177 cm³/mol. The molecule has 0 bridgehead atoms. The first-order valence-electron chi connectivity index (χ1n) is 14.1. The molecule has 0 aliphatic heterocycles. The summed E-state index contributed by atoms with van der Waals surface area (Å²) in [4.78, 5) is 64.4. The van der Waals surface area contributed by atoms with Crippen molar-refractivity contribution < 1.29 is 55.4 Å². The third kappa shape index (κ3) is 8.42. The summed E-state index contributed by atoms with van der Waals surface area (Å²) < 4.78 is 77.4. The summed E-state index contributed by atoms with van der Waals surface area (Å²) in [6, 6.07) is 13.1. The minimum Gasteiger partial charge on any atom is -0.478 e. The monoisotopic (exact) mass is 746 g/mol. The van der Waals surface area contributed by atoms with E-state index in [0.717, 1.165) is 77.3 Å². The molecule has 4 amide bonds. The van der Waals surface area contributed by atoms with E-state index in [2.05, 4.69) is 21.3 Å². The Labute approximate surface area is 290 Å². The van der Waals surface area contributed by atoms with E-state index in [9.17, 15) is 55.4 Å². The Hall–Kier alpha value is -6.01. The number of rotatable bonds is 9. The van der Waals surface area contributed by atoms with Gasteiger partial charge in [0.05, 0.1) is 39.2 Å². The molecule has 5 N–H and O–H groups in total. The molecule has 0 atom stereocenters. The third-order valence-corrected chi connectivity index (χ3v) is 8.66. The van der Waals surface area contributed by atoms with Gasteiger partial charge in [-0.15, -0.1) is 22.7 Å². The number of thiophene rings is 2. The first-order valence-corrected chi connectivity index (χ1v) is 15.9. The van der Waals surface area contributed by atoms with Gasteiger partial charge < -0.3 is 26.4 Å². The highest BCUT2D eigenvalue weighted by atomic mass is 32.1. The zero-order valence-corrected chi connectivity index (χ0v) is 26.9. The van der Waals surface area contributed by atoms with E-state index in [1.54, 1.807) is 0 Å². The maximum Gasteiger partial charge on any atom is 0.416 e. The number of carboxylic acid groups (broad SMARTS) is 1. The zero-order chi connectivity index (χ0) is 37.1. The van der Waals surface area contributed by atoms with Crippen molar-refractivity contribution in [3.05, 3.63) is 129 Å². The molecule has 0 aliphatic carbocycles. The number of amides is 4. The molecular weight excluding hydrogens is 727 g/mol. The van der Waals surface area contributed by atoms with Gasteiger partial charge in [0.15, 0.2) is 0 Å². The Morgan fingerprint density at radius 3 is 1.35 bits per heavy atom. The standard InChI is InChI=1S/C33H20F6N4O6S2/c34-32(35,36)18-8-4-16(5-9-18)25(44)42-29-21(12-14-50-29)27(46)40-23-3-1-2-20(31(48)49)24(23)41-28(47)22-13-15-51-30(22)43-26(45)17-6-10-19(11-7-17)33(37,38)39/h1-15H,(H,40,46)(H,41,47)(H,42,44)(H,43,45)(H,48,49). The first-order chi connectivity index (χ1) is 24.0. The van der Waals surface area contributed by atoms with Gasteiger partial charge >= 0.3 is 18.3 Å². The first kappa shape index (κ1) is 36.3. The minimum absolute atomic E-state index is 0.0116. The molecule has 0 spiro atoms. The van der Waals surface area contributed by atoms with Crippen molar-refractivity contribution in [1.82, 2.24) is 0 Å². The van der Waals surface area contributed by atoms with E-state index in [4.69, 9.17) is 0 Å². The summed E-state index contributed by atoms with van der Waals surface area (Å²) in [6.45, 7) is 0. The van der Waals surface area contributed by atoms with Crippen LogP contribution in [0, 0.1) is 0 Å². The van der Waals surface area contributed by atoms with Crippen molar-refractivity contribution in [1.29, 1.82) is 0 Å². The minimum atomic E-state index is -4.61. The fourth-order valence-corrected chi connectivity index (χ4v) is 6.04. The molecule has 262 valence electrons. The highest BCUT2D eigenvalue weighted by molar-refractivity contribution is 7.15. The van der Waals surface area contributed by atoms with E-state index in [-0.39, 0.29) is 43.6 Å². The number of carboxylic acids is 1. The number of nitrogens with one attached hydrogen (secondary N) is 4. The van der Waals surface area contributed by atoms with Gasteiger partial charge in [0.2, 0.25) is 0 Å². The second kappa shape index (κ2) is 14.5. The molecule has 0 fully saturated rings. The van der Waals surface area contributed by atoms with E-state index in [1.807, 2.05) is 0 Å². The topological polar surface area (TPSA) is 154 Å². The maximum absolute atomic E-state index is 13.4. The largest absolute Gasteiger partial charge is 0.478 e. The predicted octanol–water partition coefficient (Wildman–Crippen LogP) is 8.55. The molecule has 2 heterocycles. The number of hydrogen-bond donors (Lipinski definition) is 5. The highest BCUT2D eigenvalue weighted by Gasteiger charge is 2.31. The summed E-state index contributed by atoms with van der Waals surface area (Å²) in [5.41, 5.74) is -3.36. The molecule has 0 unspecified atom stereocenters. The van der Waals surface area contributed by atoms with Crippen LogP contribution in [0.15, 0.2) is 89.6 Å². The van der Waals surface area contributed by atoms with E-state index >= 15 is 0 Å². The highest BCUT2D eigenvalue weighted by Crippen LogP contribution is 2.33. The number of benzene rings is 3. The average molecular weight is 747 g/mol. The van der Waals surface area contributed by atoms with Gasteiger partial charge in [0, 0.05) is 11.1 Å². The molecular formula is C33H20F6N4O6S2. The molecule has 51 heavy (non-hydrogen) atoms. The van der Waals surface area contributed by atoms with Crippen molar-refractivity contribution in [3.63, 3.8) is 0 Å². The van der Waals surface area contributed by atoms with Crippen LogP contribution in [0.2, 0.25) is 0 Å². The van der Waals surface area contributed by atoms with Crippen LogP contribution in [0.4, 0.5) is 47.7 Å². The number of aromatic carboxylic acids is 1. The van der Waals surface area contributed by atoms with Gasteiger partial charge in [-0.05, 0) is 83.6 Å². The maximum atomic E-state index is 13.4. The van der Waals surface area contributed by atoms with E-state index in [1.165, 1.54) is 35.0 Å². The zero-order valence-electron chi connectivity index (χ0n) is 25.2. The molecule has 0 saturated carbocycles. The number of anilines is 4. The molecule has 0 saturated heterocycles. The van der Waals surface area contributed by atoms with Crippen LogP contribution in [0.5, 0.6) is 0 Å². The molecule has 0 aliphatic rings. The van der Waals surface area contributed by atoms with Crippen LogP contribution in [0.25, 0.3) is 0 Å². The number of alkyl halides is 6. The lowest BCUT2D eigenvalue weighted by atomic mass is 10.1. The van der Waals surface area contributed by atoms with Crippen LogP contribution >= 0.6 is 22.7 Å². The number of hydrogen-bond acceptors (Lipinski definition) is 7. The quantitative estimate of drug-likeness (QED) is 0.0953. The Morgan fingerprint density at radius 1 is 0.510 bits per heavy atom. The van der Waals surface area contributed by atoms with Gasteiger partial charge in [0.1, 0.15) is 10.0 Å². The normalized spacial score (nSPS) is 11.4. The number of carbonyl (C=O) groups is 5. The summed E-state index contributed by atoms with van der Waals surface area (Å²) >= 11 is 1.83. The van der Waals surface area contributed by atoms with Crippen LogP contribution in [-0.2, 0) is 12.4 Å². The van der Waals surface area contributed by atoms with Gasteiger partial charge in [-0.3, -0.25) is 19.2 Å². The lowest BCUT2D eigenvalue weighted by Crippen LogP contribution is -2.21. The Bertz CT molecular complexity index is 2140. The van der Waals surface area contributed by atoms with Crippen LogP contribution in [0.1, 0.15) is 62.9 Å². The van der Waals surface area contributed by atoms with Gasteiger partial charge in [-0.2, -0.15) is 26.3 Å². The number of halogens is 6. The van der Waals surface area contributed by atoms with Crippen molar-refractivity contribution in [2.75, 3.05) is 21.3 Å². The second-order valence-electron chi connectivity index (χ2n) is 10.3. The summed E-state index contributed by atoms with van der Waals surface area (Å²) in [5.74, 6) is -4.88. The molecule has 2 aromatic heterocycles. The van der Waals surface area contributed by atoms with Crippen molar-refractivity contribution in [3.8, 4) is 0 Å². The molecule has 3 aromatic carbocycles. The fourth-order valence-electron chi connectivity index (χ4n) is 4.48. The summed E-state index contributed by atoms with van der Waals surface area (Å²) in [7, 11) is 0. The second-order valence-corrected chi connectivity index (χ2v) is 12.2. The average Bonchev–Trinajstić information content (AvgIpc) is 3.74.